The molecule has 31 heavy (non-hydrogen) atoms. The summed E-state index contributed by atoms with van der Waals surface area (Å²) in [6.07, 6.45) is 3.55. The molecule has 9 heteroatoms. The standard InChI is InChI=1S/C22H24IN3O4S/c1-14-5-7-16(8-6-14)31(28,29)26-13-18(23)19-17-9-10-25(21(27)30-22(2,3)4)12-15(17)11-24-20(19)26/h5-8,11,13H,9-10,12H2,1-4H3. The molecule has 0 unspecified atom stereocenters. The van der Waals surface area contributed by atoms with Crippen molar-refractivity contribution in [1.82, 2.24) is 13.9 Å². The third-order valence-electron chi connectivity index (χ3n) is 5.16. The first-order valence-corrected chi connectivity index (χ1v) is 12.5. The fraction of sp³-hybridized carbons (Fsp3) is 0.364. The Hall–Kier alpha value is -2.14. The molecule has 1 aromatic carbocycles. The van der Waals surface area contributed by atoms with E-state index in [9.17, 15) is 13.2 Å². The predicted molar refractivity (Wildman–Crippen MR) is 127 cm³/mol. The van der Waals surface area contributed by atoms with Gasteiger partial charge in [0.15, 0.2) is 5.65 Å². The summed E-state index contributed by atoms with van der Waals surface area (Å²) in [6, 6.07) is 6.79. The first-order valence-electron chi connectivity index (χ1n) is 9.95. The van der Waals surface area contributed by atoms with Gasteiger partial charge in [-0.15, -0.1) is 0 Å². The Morgan fingerprint density at radius 1 is 1.19 bits per heavy atom. The van der Waals surface area contributed by atoms with E-state index < -0.39 is 15.6 Å². The maximum Gasteiger partial charge on any atom is 0.410 e. The molecule has 3 aromatic rings. The van der Waals surface area contributed by atoms with Crippen molar-refractivity contribution in [3.05, 3.63) is 56.9 Å². The minimum atomic E-state index is -3.77. The molecule has 0 radical (unpaired) electrons. The van der Waals surface area contributed by atoms with Crippen LogP contribution in [0.1, 0.15) is 37.5 Å². The second-order valence-electron chi connectivity index (χ2n) is 8.70. The zero-order valence-electron chi connectivity index (χ0n) is 17.8. The number of carbonyl (C=O) groups excluding carboxylic acids is 1. The lowest BCUT2D eigenvalue weighted by Crippen LogP contribution is -2.40. The van der Waals surface area contributed by atoms with Gasteiger partial charge < -0.3 is 9.64 Å². The minimum absolute atomic E-state index is 0.224. The van der Waals surface area contributed by atoms with Crippen molar-refractivity contribution in [3.8, 4) is 0 Å². The number of aromatic nitrogens is 2. The van der Waals surface area contributed by atoms with Gasteiger partial charge in [0.25, 0.3) is 10.0 Å². The molecule has 4 rings (SSSR count). The van der Waals surface area contributed by atoms with E-state index in [1.807, 2.05) is 27.7 Å². The van der Waals surface area contributed by atoms with Crippen LogP contribution in [0.3, 0.4) is 0 Å². The number of hydrogen-bond acceptors (Lipinski definition) is 5. The number of benzene rings is 1. The topological polar surface area (TPSA) is 81.5 Å². The normalized spacial score (nSPS) is 14.5. The van der Waals surface area contributed by atoms with E-state index >= 15 is 0 Å². The van der Waals surface area contributed by atoms with Crippen LogP contribution in [0.4, 0.5) is 4.79 Å². The van der Waals surface area contributed by atoms with Gasteiger partial charge in [-0.3, -0.25) is 0 Å². The van der Waals surface area contributed by atoms with Gasteiger partial charge in [-0.1, -0.05) is 17.7 Å². The number of nitrogens with zero attached hydrogens (tertiary/aromatic N) is 3. The maximum atomic E-state index is 13.3. The zero-order chi connectivity index (χ0) is 22.6. The number of fused-ring (bicyclic) bond motifs is 3. The lowest BCUT2D eigenvalue weighted by Gasteiger charge is -2.31. The number of carbonyl (C=O) groups is 1. The minimum Gasteiger partial charge on any atom is -0.444 e. The zero-order valence-corrected chi connectivity index (χ0v) is 20.8. The summed E-state index contributed by atoms with van der Waals surface area (Å²) >= 11 is 2.16. The molecule has 7 nitrogen and oxygen atoms in total. The van der Waals surface area contributed by atoms with E-state index in [2.05, 4.69) is 27.6 Å². The van der Waals surface area contributed by atoms with E-state index in [-0.39, 0.29) is 11.0 Å². The third kappa shape index (κ3) is 4.17. The van der Waals surface area contributed by atoms with Gasteiger partial charge in [0.2, 0.25) is 0 Å². The second kappa shape index (κ2) is 7.77. The summed E-state index contributed by atoms with van der Waals surface area (Å²) in [5.41, 5.74) is 2.79. The Morgan fingerprint density at radius 3 is 2.52 bits per heavy atom. The van der Waals surface area contributed by atoms with E-state index in [1.54, 1.807) is 41.6 Å². The van der Waals surface area contributed by atoms with Crippen molar-refractivity contribution >= 4 is 49.7 Å². The number of amides is 1. The van der Waals surface area contributed by atoms with Gasteiger partial charge in [-0.25, -0.2) is 22.2 Å². The molecular weight excluding hydrogens is 529 g/mol. The van der Waals surface area contributed by atoms with E-state index in [0.717, 1.165) is 25.6 Å². The van der Waals surface area contributed by atoms with Crippen molar-refractivity contribution in [2.75, 3.05) is 6.54 Å². The second-order valence-corrected chi connectivity index (χ2v) is 11.7. The largest absolute Gasteiger partial charge is 0.444 e. The summed E-state index contributed by atoms with van der Waals surface area (Å²) in [5, 5.41) is 0.831. The first kappa shape index (κ1) is 22.1. The average Bonchev–Trinajstić information content (AvgIpc) is 3.04. The van der Waals surface area contributed by atoms with Crippen LogP contribution in [0.15, 0.2) is 41.6 Å². The molecule has 0 saturated carbocycles. The number of aryl methyl sites for hydroxylation is 1. The lowest BCUT2D eigenvalue weighted by molar-refractivity contribution is 0.0224. The monoisotopic (exact) mass is 553 g/mol. The Labute approximate surface area is 195 Å². The third-order valence-corrected chi connectivity index (χ3v) is 7.64. The quantitative estimate of drug-likeness (QED) is 0.438. The van der Waals surface area contributed by atoms with Crippen molar-refractivity contribution in [2.24, 2.45) is 0 Å². The maximum absolute atomic E-state index is 13.3. The summed E-state index contributed by atoms with van der Waals surface area (Å²) in [7, 11) is -3.77. The van der Waals surface area contributed by atoms with Crippen LogP contribution in [0.5, 0.6) is 0 Å². The van der Waals surface area contributed by atoms with Crippen LogP contribution < -0.4 is 0 Å². The summed E-state index contributed by atoms with van der Waals surface area (Å²) in [6.45, 7) is 8.33. The predicted octanol–water partition coefficient (Wildman–Crippen LogP) is 4.48. The molecule has 0 aliphatic carbocycles. The van der Waals surface area contributed by atoms with Crippen LogP contribution in [0.25, 0.3) is 11.0 Å². The number of ether oxygens (including phenoxy) is 1. The molecule has 1 aliphatic rings. The highest BCUT2D eigenvalue weighted by atomic mass is 127. The number of hydrogen-bond donors (Lipinski definition) is 0. The van der Waals surface area contributed by atoms with Crippen LogP contribution >= 0.6 is 22.6 Å². The highest BCUT2D eigenvalue weighted by Crippen LogP contribution is 2.33. The van der Waals surface area contributed by atoms with Crippen LogP contribution in [-0.4, -0.2) is 40.5 Å². The molecule has 1 aliphatic heterocycles. The lowest BCUT2D eigenvalue weighted by atomic mass is 9.99. The van der Waals surface area contributed by atoms with Gasteiger partial charge in [0.05, 0.1) is 11.4 Å². The fourth-order valence-electron chi connectivity index (χ4n) is 3.67. The Morgan fingerprint density at radius 2 is 1.87 bits per heavy atom. The molecule has 0 fully saturated rings. The van der Waals surface area contributed by atoms with Gasteiger partial charge in [-0.05, 0) is 80.0 Å². The molecule has 0 atom stereocenters. The van der Waals surface area contributed by atoms with Crippen molar-refractivity contribution in [1.29, 1.82) is 0 Å². The summed E-state index contributed by atoms with van der Waals surface area (Å²) in [4.78, 5) is 18.8. The molecule has 0 spiro atoms. The van der Waals surface area contributed by atoms with Gasteiger partial charge >= 0.3 is 6.09 Å². The number of pyridine rings is 1. The smallest absolute Gasteiger partial charge is 0.410 e. The highest BCUT2D eigenvalue weighted by Gasteiger charge is 2.29. The molecule has 0 saturated heterocycles. The Bertz CT molecular complexity index is 1270. The molecule has 0 N–H and O–H groups in total. The molecular formula is C22H24IN3O4S. The van der Waals surface area contributed by atoms with Crippen molar-refractivity contribution in [2.45, 2.75) is 51.2 Å². The summed E-state index contributed by atoms with van der Waals surface area (Å²) < 4.78 is 34.1. The van der Waals surface area contributed by atoms with Crippen LogP contribution in [0.2, 0.25) is 0 Å². The molecule has 164 valence electrons. The Kier molecular flexibility index (Phi) is 5.53. The van der Waals surface area contributed by atoms with Gasteiger partial charge in [-0.2, -0.15) is 0 Å². The van der Waals surface area contributed by atoms with Crippen molar-refractivity contribution < 1.29 is 17.9 Å². The van der Waals surface area contributed by atoms with Gasteiger partial charge in [0, 0.05) is 27.9 Å². The van der Waals surface area contributed by atoms with E-state index in [0.29, 0.717) is 25.2 Å². The number of halogens is 1. The van der Waals surface area contributed by atoms with Gasteiger partial charge in [0.1, 0.15) is 5.60 Å². The molecule has 2 aromatic heterocycles. The van der Waals surface area contributed by atoms with Crippen LogP contribution in [-0.2, 0) is 27.7 Å². The van der Waals surface area contributed by atoms with Crippen molar-refractivity contribution in [3.63, 3.8) is 0 Å². The molecule has 1 amide bonds. The highest BCUT2D eigenvalue weighted by molar-refractivity contribution is 14.1. The Balaban J connectivity index is 1.73. The molecule has 0 bridgehead atoms. The summed E-state index contributed by atoms with van der Waals surface area (Å²) in [5.74, 6) is 0. The molecule has 3 heterocycles. The van der Waals surface area contributed by atoms with E-state index in [4.69, 9.17) is 4.74 Å². The SMILES string of the molecule is Cc1ccc(S(=O)(=O)n2cc(I)c3c4c(cnc32)CN(C(=O)OC(C)(C)C)CC4)cc1. The van der Waals surface area contributed by atoms with E-state index in [1.165, 1.54) is 3.97 Å². The first-order chi connectivity index (χ1) is 14.5. The average molecular weight is 553 g/mol. The fourth-order valence-corrected chi connectivity index (χ4v) is 6.02. The van der Waals surface area contributed by atoms with Crippen LogP contribution in [0, 0.1) is 10.5 Å². The number of rotatable bonds is 2.